The quantitative estimate of drug-likeness (QED) is 0.399. The minimum atomic E-state index is -5.44. The highest BCUT2D eigenvalue weighted by molar-refractivity contribution is 8.03. The van der Waals surface area contributed by atoms with Crippen LogP contribution in [0.2, 0.25) is 0 Å². The van der Waals surface area contributed by atoms with Crippen LogP contribution in [-0.4, -0.2) is 30.6 Å². The maximum atomic E-state index is 14.3. The second-order valence-corrected chi connectivity index (χ2v) is 8.32. The van der Waals surface area contributed by atoms with Gasteiger partial charge in [-0.05, 0) is 18.2 Å². The monoisotopic (exact) mass is 405 g/mol. The summed E-state index contributed by atoms with van der Waals surface area (Å²) in [5, 5.41) is 21.5. The molecular formula is C12H8FN3O8S2. The Bertz CT molecular complexity index is 1080. The molecule has 0 spiro atoms. The van der Waals surface area contributed by atoms with Gasteiger partial charge in [0, 0.05) is 18.2 Å². The van der Waals surface area contributed by atoms with E-state index in [1.54, 1.807) is 0 Å². The lowest BCUT2D eigenvalue weighted by molar-refractivity contribution is -0.387. The molecule has 0 radical (unpaired) electrons. The first kappa shape index (κ1) is 19.4. The molecule has 0 unspecified atom stereocenters. The van der Waals surface area contributed by atoms with Crippen molar-refractivity contribution in [3.8, 4) is 0 Å². The van der Waals surface area contributed by atoms with E-state index in [1.807, 2.05) is 0 Å². The molecule has 0 aliphatic rings. The number of sulfonamides is 2. The zero-order valence-electron chi connectivity index (χ0n) is 12.4. The van der Waals surface area contributed by atoms with Crippen molar-refractivity contribution in [2.45, 2.75) is 9.79 Å². The molecule has 0 heterocycles. The second kappa shape index (κ2) is 6.74. The van der Waals surface area contributed by atoms with Crippen LogP contribution in [0.25, 0.3) is 0 Å². The zero-order chi connectivity index (χ0) is 19.7. The summed E-state index contributed by atoms with van der Waals surface area (Å²) in [6.45, 7) is 0. The van der Waals surface area contributed by atoms with Gasteiger partial charge in [0.15, 0.2) is 4.90 Å². The molecule has 0 fully saturated rings. The number of halogens is 1. The van der Waals surface area contributed by atoms with Crippen LogP contribution in [0.15, 0.2) is 58.3 Å². The molecular weight excluding hydrogens is 397 g/mol. The van der Waals surface area contributed by atoms with Crippen LogP contribution >= 0.6 is 0 Å². The van der Waals surface area contributed by atoms with E-state index in [0.717, 1.165) is 30.3 Å². The van der Waals surface area contributed by atoms with E-state index < -0.39 is 55.0 Å². The van der Waals surface area contributed by atoms with Gasteiger partial charge in [0.05, 0.1) is 18.7 Å². The molecule has 138 valence electrons. The predicted molar refractivity (Wildman–Crippen MR) is 83.5 cm³/mol. The molecule has 0 atom stereocenters. The van der Waals surface area contributed by atoms with Crippen molar-refractivity contribution in [1.29, 1.82) is 0 Å². The maximum absolute atomic E-state index is 14.3. The Balaban J connectivity index is 2.54. The minimum Gasteiger partial charge on any atom is -0.258 e. The highest BCUT2D eigenvalue weighted by Gasteiger charge is 2.41. The summed E-state index contributed by atoms with van der Waals surface area (Å²) < 4.78 is 61.5. The highest BCUT2D eigenvalue weighted by atomic mass is 32.3. The average molecular weight is 405 g/mol. The number of rotatable bonds is 6. The largest absolute Gasteiger partial charge is 0.290 e. The molecule has 0 saturated heterocycles. The average Bonchev–Trinajstić information content (AvgIpc) is 2.61. The number of non-ortho nitro benzene ring substituents is 1. The van der Waals surface area contributed by atoms with Gasteiger partial charge in [0.25, 0.3) is 31.4 Å². The van der Waals surface area contributed by atoms with Gasteiger partial charge in [-0.3, -0.25) is 20.2 Å². The summed E-state index contributed by atoms with van der Waals surface area (Å²) in [6.07, 6.45) is 0. The molecule has 0 N–H and O–H groups in total. The van der Waals surface area contributed by atoms with Crippen LogP contribution in [-0.2, 0) is 20.0 Å². The van der Waals surface area contributed by atoms with Gasteiger partial charge in [-0.25, -0.2) is 16.8 Å². The fraction of sp³-hybridized carbons (Fsp3) is 0. The summed E-state index contributed by atoms with van der Waals surface area (Å²) in [5.41, 5.74) is -1.52. The van der Waals surface area contributed by atoms with E-state index in [1.165, 1.54) is 0 Å². The van der Waals surface area contributed by atoms with Gasteiger partial charge < -0.3 is 0 Å². The Hall–Kier alpha value is -2.97. The number of hydrogen-bond acceptors (Lipinski definition) is 8. The Kier molecular flexibility index (Phi) is 5.02. The van der Waals surface area contributed by atoms with Crippen molar-refractivity contribution >= 4 is 31.4 Å². The van der Waals surface area contributed by atoms with Gasteiger partial charge in [0.2, 0.25) is 0 Å². The molecule has 0 amide bonds. The topological polar surface area (TPSA) is 158 Å². The Morgan fingerprint density at radius 3 is 1.85 bits per heavy atom. The van der Waals surface area contributed by atoms with Gasteiger partial charge in [0.1, 0.15) is 0 Å². The summed E-state index contributed by atoms with van der Waals surface area (Å²) in [5.74, 6) is 0. The third-order valence-electron chi connectivity index (χ3n) is 3.06. The molecule has 0 bridgehead atoms. The van der Waals surface area contributed by atoms with Crippen molar-refractivity contribution in [3.63, 3.8) is 0 Å². The molecule has 2 aromatic carbocycles. The van der Waals surface area contributed by atoms with Crippen molar-refractivity contribution < 1.29 is 31.2 Å². The van der Waals surface area contributed by atoms with E-state index in [-0.39, 0.29) is 0 Å². The number of nitro benzene ring substituents is 2. The van der Waals surface area contributed by atoms with Crippen LogP contribution in [0.3, 0.4) is 0 Å². The van der Waals surface area contributed by atoms with E-state index in [0.29, 0.717) is 18.2 Å². The molecule has 0 aliphatic heterocycles. The SMILES string of the molecule is O=[N+]([O-])c1ccc(S(=O)(=O)N(F)S(=O)(=O)c2ccccc2[N+](=O)[O-])cc1. The predicted octanol–water partition coefficient (Wildman–Crippen LogP) is 1.77. The molecule has 2 aromatic rings. The lowest BCUT2D eigenvalue weighted by atomic mass is 10.3. The van der Waals surface area contributed by atoms with Crippen LogP contribution in [0.4, 0.5) is 15.9 Å². The van der Waals surface area contributed by atoms with Crippen molar-refractivity contribution in [3.05, 3.63) is 68.8 Å². The zero-order valence-corrected chi connectivity index (χ0v) is 14.1. The summed E-state index contributed by atoms with van der Waals surface area (Å²) in [7, 11) is -10.7. The highest BCUT2D eigenvalue weighted by Crippen LogP contribution is 2.30. The van der Waals surface area contributed by atoms with Crippen molar-refractivity contribution in [2.75, 3.05) is 0 Å². The first-order chi connectivity index (χ1) is 12.0. The molecule has 14 heteroatoms. The normalized spacial score (nSPS) is 12.1. The van der Waals surface area contributed by atoms with Gasteiger partial charge >= 0.3 is 0 Å². The van der Waals surface area contributed by atoms with E-state index >= 15 is 0 Å². The number of para-hydroxylation sites is 1. The summed E-state index contributed by atoms with van der Waals surface area (Å²) >= 11 is 0. The van der Waals surface area contributed by atoms with Crippen molar-refractivity contribution in [1.82, 2.24) is 3.93 Å². The summed E-state index contributed by atoms with van der Waals surface area (Å²) in [4.78, 5) is 17.4. The third-order valence-corrected chi connectivity index (χ3v) is 6.77. The van der Waals surface area contributed by atoms with Gasteiger partial charge in [-0.15, -0.1) is 4.48 Å². The number of nitro groups is 2. The molecule has 0 aliphatic carbocycles. The smallest absolute Gasteiger partial charge is 0.258 e. The maximum Gasteiger partial charge on any atom is 0.290 e. The van der Waals surface area contributed by atoms with E-state index in [9.17, 15) is 41.5 Å². The fourth-order valence-electron chi connectivity index (χ4n) is 1.86. The number of nitrogens with zero attached hydrogens (tertiary/aromatic N) is 3. The Morgan fingerprint density at radius 2 is 1.35 bits per heavy atom. The molecule has 11 nitrogen and oxygen atoms in total. The Labute approximate surface area is 145 Å². The van der Waals surface area contributed by atoms with Gasteiger partial charge in [-0.1, -0.05) is 12.1 Å². The molecule has 0 aromatic heterocycles. The fourth-order valence-corrected chi connectivity index (χ4v) is 4.85. The van der Waals surface area contributed by atoms with E-state index in [4.69, 9.17) is 0 Å². The van der Waals surface area contributed by atoms with Gasteiger partial charge in [-0.2, -0.15) is 0 Å². The number of hydrogen-bond donors (Lipinski definition) is 0. The van der Waals surface area contributed by atoms with Crippen LogP contribution in [0.5, 0.6) is 0 Å². The number of benzene rings is 2. The van der Waals surface area contributed by atoms with Crippen LogP contribution in [0.1, 0.15) is 0 Å². The third kappa shape index (κ3) is 3.37. The molecule has 26 heavy (non-hydrogen) atoms. The molecule has 2 rings (SSSR count). The summed E-state index contributed by atoms with van der Waals surface area (Å²) in [6, 6.07) is 6.34. The lowest BCUT2D eigenvalue weighted by Gasteiger charge is -2.13. The Morgan fingerprint density at radius 1 is 0.808 bits per heavy atom. The minimum absolute atomic E-state index is 0.504. The standard InChI is InChI=1S/C12H8FN3O8S2/c13-16(25(21,22)10-7-5-9(6-8-10)14(17)18)26(23,24)12-4-2-1-3-11(12)15(19)20/h1-8H. The first-order valence-corrected chi connectivity index (χ1v) is 9.32. The van der Waals surface area contributed by atoms with Crippen molar-refractivity contribution in [2.24, 2.45) is 0 Å². The van der Waals surface area contributed by atoms with Crippen LogP contribution < -0.4 is 0 Å². The lowest BCUT2D eigenvalue weighted by Crippen LogP contribution is -2.30. The first-order valence-electron chi connectivity index (χ1n) is 6.44. The van der Waals surface area contributed by atoms with E-state index in [2.05, 4.69) is 0 Å². The van der Waals surface area contributed by atoms with Crippen LogP contribution in [0, 0.1) is 20.2 Å². The second-order valence-electron chi connectivity index (χ2n) is 4.64. The molecule has 0 saturated carbocycles.